The van der Waals surface area contributed by atoms with Crippen molar-refractivity contribution in [3.8, 4) is 5.75 Å². The summed E-state index contributed by atoms with van der Waals surface area (Å²) in [7, 11) is 1.63. The number of nitrogens with one attached hydrogen (secondary N) is 2. The number of carbonyl (C=O) groups excluding carboxylic acids is 1. The van der Waals surface area contributed by atoms with Crippen molar-refractivity contribution in [2.45, 2.75) is 6.42 Å². The molecule has 4 nitrogen and oxygen atoms in total. The molecule has 0 radical (unpaired) electrons. The van der Waals surface area contributed by atoms with Crippen LogP contribution in [0.25, 0.3) is 0 Å². The van der Waals surface area contributed by atoms with Crippen LogP contribution < -0.4 is 15.4 Å². The van der Waals surface area contributed by atoms with Crippen molar-refractivity contribution in [2.75, 3.05) is 26.7 Å². The van der Waals surface area contributed by atoms with E-state index in [-0.39, 0.29) is 5.91 Å². The molecular weight excluding hydrogens is 216 g/mol. The van der Waals surface area contributed by atoms with Crippen LogP contribution in [-0.2, 0) is 11.2 Å². The van der Waals surface area contributed by atoms with Gasteiger partial charge in [0.15, 0.2) is 0 Å². The van der Waals surface area contributed by atoms with Crippen molar-refractivity contribution < 1.29 is 9.53 Å². The van der Waals surface area contributed by atoms with Crippen molar-refractivity contribution in [3.05, 3.63) is 29.8 Å². The lowest BCUT2D eigenvalue weighted by atomic mass is 10.0. The van der Waals surface area contributed by atoms with Gasteiger partial charge in [0.2, 0.25) is 5.91 Å². The van der Waals surface area contributed by atoms with Crippen molar-refractivity contribution in [2.24, 2.45) is 5.92 Å². The predicted molar refractivity (Wildman–Crippen MR) is 66.1 cm³/mol. The third-order valence-corrected chi connectivity index (χ3v) is 2.98. The van der Waals surface area contributed by atoms with E-state index >= 15 is 0 Å². The zero-order valence-corrected chi connectivity index (χ0v) is 10.0. The zero-order chi connectivity index (χ0) is 12.1. The lowest BCUT2D eigenvalue weighted by Crippen LogP contribution is -2.48. The Labute approximate surface area is 101 Å². The quantitative estimate of drug-likeness (QED) is 0.783. The van der Waals surface area contributed by atoms with E-state index in [1.807, 2.05) is 24.3 Å². The van der Waals surface area contributed by atoms with Gasteiger partial charge in [-0.1, -0.05) is 12.1 Å². The van der Waals surface area contributed by atoms with Crippen LogP contribution in [0, 0.1) is 5.92 Å². The highest BCUT2D eigenvalue weighted by Crippen LogP contribution is 2.11. The summed E-state index contributed by atoms with van der Waals surface area (Å²) >= 11 is 0. The molecular formula is C13H18N2O2. The van der Waals surface area contributed by atoms with Crippen LogP contribution in [-0.4, -0.2) is 32.7 Å². The molecule has 0 atom stereocenters. The second-order valence-electron chi connectivity index (χ2n) is 4.35. The first-order valence-electron chi connectivity index (χ1n) is 5.88. The zero-order valence-electron chi connectivity index (χ0n) is 10.0. The summed E-state index contributed by atoms with van der Waals surface area (Å²) in [5, 5.41) is 6.13. The van der Waals surface area contributed by atoms with E-state index in [0.29, 0.717) is 12.3 Å². The normalized spacial score (nSPS) is 15.1. The summed E-state index contributed by atoms with van der Waals surface area (Å²) in [6, 6.07) is 7.59. The number of hydrogen-bond acceptors (Lipinski definition) is 3. The second kappa shape index (κ2) is 5.68. The van der Waals surface area contributed by atoms with E-state index < -0.39 is 0 Å². The molecule has 2 rings (SSSR count). The Kier molecular flexibility index (Phi) is 3.98. The summed E-state index contributed by atoms with van der Waals surface area (Å²) in [4.78, 5) is 11.6. The minimum Gasteiger partial charge on any atom is -0.497 e. The van der Waals surface area contributed by atoms with Gasteiger partial charge in [-0.25, -0.2) is 0 Å². The number of ether oxygens (including phenoxy) is 1. The van der Waals surface area contributed by atoms with Gasteiger partial charge in [0, 0.05) is 25.6 Å². The van der Waals surface area contributed by atoms with Crippen LogP contribution in [0.4, 0.5) is 0 Å². The van der Waals surface area contributed by atoms with Crippen LogP contribution in [0.5, 0.6) is 5.75 Å². The van der Waals surface area contributed by atoms with E-state index in [2.05, 4.69) is 10.6 Å². The third-order valence-electron chi connectivity index (χ3n) is 2.98. The highest BCUT2D eigenvalue weighted by Gasteiger charge is 2.16. The van der Waals surface area contributed by atoms with Gasteiger partial charge in [-0.15, -0.1) is 0 Å². The van der Waals surface area contributed by atoms with Gasteiger partial charge in [0.25, 0.3) is 0 Å². The van der Waals surface area contributed by atoms with E-state index in [9.17, 15) is 4.79 Å². The Morgan fingerprint density at radius 1 is 1.41 bits per heavy atom. The number of methoxy groups -OCH3 is 1. The number of amides is 1. The lowest BCUT2D eigenvalue weighted by Gasteiger charge is -2.27. The molecule has 0 unspecified atom stereocenters. The number of rotatable bonds is 5. The Bertz CT molecular complexity index is 372. The average Bonchev–Trinajstić information content (AvgIpc) is 2.28. The summed E-state index contributed by atoms with van der Waals surface area (Å²) in [6.45, 7) is 2.81. The molecule has 1 amide bonds. The van der Waals surface area contributed by atoms with E-state index in [1.165, 1.54) is 0 Å². The van der Waals surface area contributed by atoms with Crippen LogP contribution in [0.3, 0.4) is 0 Å². The number of hydrogen-bond donors (Lipinski definition) is 2. The molecule has 2 N–H and O–H groups in total. The minimum atomic E-state index is 0.0852. The molecule has 0 saturated carbocycles. The molecule has 1 aliphatic heterocycles. The largest absolute Gasteiger partial charge is 0.497 e. The van der Waals surface area contributed by atoms with E-state index in [0.717, 1.165) is 30.9 Å². The maximum atomic E-state index is 11.6. The van der Waals surface area contributed by atoms with E-state index in [4.69, 9.17) is 4.74 Å². The van der Waals surface area contributed by atoms with Gasteiger partial charge >= 0.3 is 0 Å². The van der Waals surface area contributed by atoms with Crippen molar-refractivity contribution in [3.63, 3.8) is 0 Å². The summed E-state index contributed by atoms with van der Waals surface area (Å²) < 4.78 is 5.07. The standard InChI is InChI=1S/C13H18N2O2/c1-17-12-4-2-10(3-5-12)6-13(16)15-9-11-7-14-8-11/h2-5,11,14H,6-9H2,1H3,(H,15,16). The molecule has 0 bridgehead atoms. The molecule has 1 aromatic rings. The predicted octanol–water partition coefficient (Wildman–Crippen LogP) is 0.573. The SMILES string of the molecule is COc1ccc(CC(=O)NCC2CNC2)cc1. The van der Waals surface area contributed by atoms with Gasteiger partial charge in [-0.3, -0.25) is 4.79 Å². The molecule has 17 heavy (non-hydrogen) atoms. The molecule has 92 valence electrons. The van der Waals surface area contributed by atoms with Crippen LogP contribution >= 0.6 is 0 Å². The Morgan fingerprint density at radius 2 is 2.12 bits per heavy atom. The maximum Gasteiger partial charge on any atom is 0.224 e. The molecule has 0 aromatic heterocycles. The van der Waals surface area contributed by atoms with Gasteiger partial charge in [-0.05, 0) is 17.7 Å². The summed E-state index contributed by atoms with van der Waals surface area (Å²) in [6.07, 6.45) is 0.435. The molecule has 1 saturated heterocycles. The molecule has 1 aliphatic rings. The molecule has 1 fully saturated rings. The summed E-state index contributed by atoms with van der Waals surface area (Å²) in [5.41, 5.74) is 1.01. The Morgan fingerprint density at radius 3 is 2.65 bits per heavy atom. The second-order valence-corrected chi connectivity index (χ2v) is 4.35. The average molecular weight is 234 g/mol. The molecule has 1 heterocycles. The van der Waals surface area contributed by atoms with E-state index in [1.54, 1.807) is 7.11 Å². The van der Waals surface area contributed by atoms with Crippen LogP contribution in [0.1, 0.15) is 5.56 Å². The molecule has 1 aromatic carbocycles. The fraction of sp³-hybridized carbons (Fsp3) is 0.462. The van der Waals surface area contributed by atoms with Gasteiger partial charge < -0.3 is 15.4 Å². The van der Waals surface area contributed by atoms with Gasteiger partial charge in [0.05, 0.1) is 13.5 Å². The van der Waals surface area contributed by atoms with Crippen molar-refractivity contribution in [1.29, 1.82) is 0 Å². The fourth-order valence-electron chi connectivity index (χ4n) is 1.74. The van der Waals surface area contributed by atoms with Crippen LogP contribution in [0.15, 0.2) is 24.3 Å². The molecule has 4 heteroatoms. The first-order chi connectivity index (χ1) is 8.28. The first-order valence-corrected chi connectivity index (χ1v) is 5.88. The highest BCUT2D eigenvalue weighted by atomic mass is 16.5. The number of benzene rings is 1. The Hall–Kier alpha value is -1.55. The Balaban J connectivity index is 1.76. The van der Waals surface area contributed by atoms with Crippen LogP contribution in [0.2, 0.25) is 0 Å². The van der Waals surface area contributed by atoms with Gasteiger partial charge in [-0.2, -0.15) is 0 Å². The number of carbonyl (C=O) groups is 1. The molecule has 0 spiro atoms. The minimum absolute atomic E-state index is 0.0852. The maximum absolute atomic E-state index is 11.6. The third kappa shape index (κ3) is 3.46. The monoisotopic (exact) mass is 234 g/mol. The molecule has 0 aliphatic carbocycles. The highest BCUT2D eigenvalue weighted by molar-refractivity contribution is 5.78. The lowest BCUT2D eigenvalue weighted by molar-refractivity contribution is -0.120. The first kappa shape index (κ1) is 11.9. The fourth-order valence-corrected chi connectivity index (χ4v) is 1.74. The topological polar surface area (TPSA) is 50.4 Å². The smallest absolute Gasteiger partial charge is 0.224 e. The summed E-state index contributed by atoms with van der Waals surface area (Å²) in [5.74, 6) is 1.51. The van der Waals surface area contributed by atoms with Crippen molar-refractivity contribution >= 4 is 5.91 Å². The van der Waals surface area contributed by atoms with Crippen molar-refractivity contribution in [1.82, 2.24) is 10.6 Å². The van der Waals surface area contributed by atoms with Gasteiger partial charge in [0.1, 0.15) is 5.75 Å².